The van der Waals surface area contributed by atoms with Crippen LogP contribution in [0.25, 0.3) is 0 Å². The molecule has 1 aromatic carbocycles. The van der Waals surface area contributed by atoms with E-state index in [1.807, 2.05) is 36.1 Å². The SMILES string of the molecule is CC(=O)Nc1ccc(SC(C)C(=O)N2CCC(C3OCCO3)CC2)cc1. The summed E-state index contributed by atoms with van der Waals surface area (Å²) in [4.78, 5) is 26.8. The van der Waals surface area contributed by atoms with Crippen molar-refractivity contribution in [1.82, 2.24) is 4.90 Å². The number of nitrogens with one attached hydrogen (secondary N) is 1. The predicted molar refractivity (Wildman–Crippen MR) is 101 cm³/mol. The fourth-order valence-corrected chi connectivity index (χ4v) is 4.32. The summed E-state index contributed by atoms with van der Waals surface area (Å²) >= 11 is 1.55. The summed E-state index contributed by atoms with van der Waals surface area (Å²) < 4.78 is 11.2. The average Bonchev–Trinajstić information content (AvgIpc) is 3.17. The van der Waals surface area contributed by atoms with Gasteiger partial charge in [-0.25, -0.2) is 0 Å². The number of thioether (sulfide) groups is 1. The maximum absolute atomic E-state index is 12.7. The van der Waals surface area contributed by atoms with Crippen LogP contribution in [-0.2, 0) is 19.1 Å². The lowest BCUT2D eigenvalue weighted by atomic mass is 9.96. The Labute approximate surface area is 158 Å². The second-order valence-electron chi connectivity index (χ2n) is 6.74. The highest BCUT2D eigenvalue weighted by molar-refractivity contribution is 8.00. The summed E-state index contributed by atoms with van der Waals surface area (Å²) in [5, 5.41) is 2.60. The van der Waals surface area contributed by atoms with E-state index in [4.69, 9.17) is 9.47 Å². The Balaban J connectivity index is 1.47. The highest BCUT2D eigenvalue weighted by Gasteiger charge is 2.32. The first-order valence-corrected chi connectivity index (χ1v) is 9.97. The smallest absolute Gasteiger partial charge is 0.235 e. The van der Waals surface area contributed by atoms with Crippen molar-refractivity contribution in [1.29, 1.82) is 0 Å². The molecule has 2 heterocycles. The minimum Gasteiger partial charge on any atom is -0.350 e. The molecular weight excluding hydrogens is 352 g/mol. The second kappa shape index (κ2) is 8.88. The van der Waals surface area contributed by atoms with Crippen molar-refractivity contribution in [2.75, 3.05) is 31.6 Å². The predicted octanol–water partition coefficient (Wildman–Crippen LogP) is 2.74. The van der Waals surface area contributed by atoms with Crippen molar-refractivity contribution >= 4 is 29.3 Å². The van der Waals surface area contributed by atoms with E-state index in [9.17, 15) is 9.59 Å². The molecule has 1 atom stereocenters. The van der Waals surface area contributed by atoms with Gasteiger partial charge in [-0.2, -0.15) is 0 Å². The van der Waals surface area contributed by atoms with Crippen molar-refractivity contribution in [2.24, 2.45) is 5.92 Å². The third kappa shape index (κ3) is 4.99. The number of hydrogen-bond acceptors (Lipinski definition) is 5. The molecular formula is C19H26N2O4S. The molecule has 26 heavy (non-hydrogen) atoms. The van der Waals surface area contributed by atoms with E-state index in [0.717, 1.165) is 36.5 Å². The molecule has 1 unspecified atom stereocenters. The Bertz CT molecular complexity index is 623. The molecule has 2 amide bonds. The Morgan fingerprint density at radius 2 is 1.77 bits per heavy atom. The Hall–Kier alpha value is -1.57. The van der Waals surface area contributed by atoms with E-state index in [2.05, 4.69) is 5.32 Å². The highest BCUT2D eigenvalue weighted by Crippen LogP contribution is 2.29. The van der Waals surface area contributed by atoms with Crippen LogP contribution >= 0.6 is 11.8 Å². The molecule has 7 heteroatoms. The second-order valence-corrected chi connectivity index (χ2v) is 8.15. The zero-order chi connectivity index (χ0) is 18.5. The van der Waals surface area contributed by atoms with Gasteiger partial charge in [0.15, 0.2) is 6.29 Å². The van der Waals surface area contributed by atoms with E-state index in [1.54, 1.807) is 11.8 Å². The fourth-order valence-electron chi connectivity index (χ4n) is 3.37. The molecule has 6 nitrogen and oxygen atoms in total. The standard InChI is InChI=1S/C19H26N2O4S/c1-13(26-17-5-3-16(4-6-17)20-14(2)22)18(23)21-9-7-15(8-10-21)19-24-11-12-25-19/h3-6,13,15,19H,7-12H2,1-2H3,(H,20,22). The Kier molecular flexibility index (Phi) is 6.56. The van der Waals surface area contributed by atoms with E-state index in [0.29, 0.717) is 19.1 Å². The number of hydrogen-bond donors (Lipinski definition) is 1. The number of amides is 2. The van der Waals surface area contributed by atoms with Crippen LogP contribution in [0.5, 0.6) is 0 Å². The number of carbonyl (C=O) groups excluding carboxylic acids is 2. The van der Waals surface area contributed by atoms with Gasteiger partial charge in [-0.1, -0.05) is 0 Å². The number of piperidine rings is 1. The van der Waals surface area contributed by atoms with Gasteiger partial charge in [0.1, 0.15) is 0 Å². The molecule has 2 aliphatic heterocycles. The summed E-state index contributed by atoms with van der Waals surface area (Å²) in [5.41, 5.74) is 0.763. The minimum absolute atomic E-state index is 0.0822. The quantitative estimate of drug-likeness (QED) is 0.798. The Morgan fingerprint density at radius 3 is 2.35 bits per heavy atom. The van der Waals surface area contributed by atoms with Crippen molar-refractivity contribution in [3.8, 4) is 0 Å². The topological polar surface area (TPSA) is 67.9 Å². The van der Waals surface area contributed by atoms with E-state index < -0.39 is 0 Å². The molecule has 2 fully saturated rings. The van der Waals surface area contributed by atoms with Crippen molar-refractivity contribution in [2.45, 2.75) is 43.1 Å². The number of nitrogens with zero attached hydrogens (tertiary/aromatic N) is 1. The monoisotopic (exact) mass is 378 g/mol. The Morgan fingerprint density at radius 1 is 1.15 bits per heavy atom. The summed E-state index contributed by atoms with van der Waals surface area (Å²) in [7, 11) is 0. The van der Waals surface area contributed by atoms with E-state index in [1.165, 1.54) is 6.92 Å². The normalized spacial score (nSPS) is 20.2. The number of likely N-dealkylation sites (tertiary alicyclic amines) is 1. The first kappa shape index (κ1) is 19.2. The number of rotatable bonds is 5. The van der Waals surface area contributed by atoms with Crippen molar-refractivity contribution < 1.29 is 19.1 Å². The van der Waals surface area contributed by atoms with Gasteiger partial charge in [-0.05, 0) is 44.0 Å². The van der Waals surface area contributed by atoms with E-state index in [-0.39, 0.29) is 23.4 Å². The van der Waals surface area contributed by atoms with Gasteiger partial charge in [0, 0.05) is 36.5 Å². The van der Waals surface area contributed by atoms with Gasteiger partial charge in [0.05, 0.1) is 18.5 Å². The van der Waals surface area contributed by atoms with Crippen LogP contribution < -0.4 is 5.32 Å². The first-order valence-electron chi connectivity index (χ1n) is 9.09. The maximum atomic E-state index is 12.7. The highest BCUT2D eigenvalue weighted by atomic mass is 32.2. The molecule has 0 saturated carbocycles. The van der Waals surface area contributed by atoms with Gasteiger partial charge in [-0.3, -0.25) is 9.59 Å². The van der Waals surface area contributed by atoms with Crippen LogP contribution in [0.3, 0.4) is 0 Å². The van der Waals surface area contributed by atoms with Crippen LogP contribution in [-0.4, -0.2) is 54.6 Å². The zero-order valence-electron chi connectivity index (χ0n) is 15.3. The summed E-state index contributed by atoms with van der Waals surface area (Å²) in [6.07, 6.45) is 1.78. The fraction of sp³-hybridized carbons (Fsp3) is 0.579. The number of anilines is 1. The third-order valence-electron chi connectivity index (χ3n) is 4.72. The van der Waals surface area contributed by atoms with Crippen molar-refractivity contribution in [3.05, 3.63) is 24.3 Å². The van der Waals surface area contributed by atoms with Crippen LogP contribution in [0.4, 0.5) is 5.69 Å². The van der Waals surface area contributed by atoms with Crippen LogP contribution in [0.2, 0.25) is 0 Å². The number of ether oxygens (including phenoxy) is 2. The van der Waals surface area contributed by atoms with Gasteiger partial charge in [0.25, 0.3) is 0 Å². The molecule has 1 aromatic rings. The maximum Gasteiger partial charge on any atom is 0.235 e. The zero-order valence-corrected chi connectivity index (χ0v) is 16.1. The molecule has 2 saturated heterocycles. The molecule has 0 aliphatic carbocycles. The largest absolute Gasteiger partial charge is 0.350 e. The van der Waals surface area contributed by atoms with Crippen LogP contribution in [0, 0.1) is 5.92 Å². The molecule has 3 rings (SSSR count). The number of carbonyl (C=O) groups is 2. The molecule has 0 spiro atoms. The molecule has 142 valence electrons. The molecule has 1 N–H and O–H groups in total. The molecule has 0 radical (unpaired) electrons. The van der Waals surface area contributed by atoms with Crippen molar-refractivity contribution in [3.63, 3.8) is 0 Å². The lowest BCUT2D eigenvalue weighted by molar-refractivity contribution is -0.136. The lowest BCUT2D eigenvalue weighted by Gasteiger charge is -2.35. The lowest BCUT2D eigenvalue weighted by Crippen LogP contribution is -2.44. The van der Waals surface area contributed by atoms with Gasteiger partial charge < -0.3 is 19.7 Å². The van der Waals surface area contributed by atoms with Gasteiger partial charge in [-0.15, -0.1) is 11.8 Å². The van der Waals surface area contributed by atoms with Crippen LogP contribution in [0.15, 0.2) is 29.2 Å². The summed E-state index contributed by atoms with van der Waals surface area (Å²) in [6.45, 7) is 6.32. The number of benzene rings is 1. The molecule has 0 bridgehead atoms. The first-order chi connectivity index (χ1) is 12.5. The molecule has 2 aliphatic rings. The minimum atomic E-state index is -0.142. The summed E-state index contributed by atoms with van der Waals surface area (Å²) in [6, 6.07) is 7.57. The third-order valence-corrected chi connectivity index (χ3v) is 5.82. The summed E-state index contributed by atoms with van der Waals surface area (Å²) in [5.74, 6) is 0.476. The van der Waals surface area contributed by atoms with Crippen LogP contribution in [0.1, 0.15) is 26.7 Å². The van der Waals surface area contributed by atoms with E-state index >= 15 is 0 Å². The van der Waals surface area contributed by atoms with Gasteiger partial charge in [0.2, 0.25) is 11.8 Å². The molecule has 0 aromatic heterocycles. The van der Waals surface area contributed by atoms with Gasteiger partial charge >= 0.3 is 0 Å². The average molecular weight is 378 g/mol.